The molecule has 4 heterocycles. The van der Waals surface area contributed by atoms with E-state index in [0.29, 0.717) is 16.7 Å². The van der Waals surface area contributed by atoms with Crippen LogP contribution in [0.15, 0.2) is 52.8 Å². The summed E-state index contributed by atoms with van der Waals surface area (Å²) >= 11 is 0. The molecule has 1 aliphatic heterocycles. The Hall–Kier alpha value is -3.38. The zero-order chi connectivity index (χ0) is 22.1. The van der Waals surface area contributed by atoms with Gasteiger partial charge in [0.1, 0.15) is 23.0 Å². The standard InChI is InChI=1S/C23H22N6O2S/c1-15-4-2-3-5-18(15)32(30,31)22-19-20(17-6-9-25-21(17)27-22)29(14-26-19)28-10-7-23(8-11-28)12-16(23)13-24/h2-6,9,14,16H,7-8,10-12H2,1H3,(H,25,27). The summed E-state index contributed by atoms with van der Waals surface area (Å²) in [4.78, 5) is 12.3. The molecular weight excluding hydrogens is 424 g/mol. The van der Waals surface area contributed by atoms with Gasteiger partial charge in [0.2, 0.25) is 9.84 Å². The van der Waals surface area contributed by atoms with Crippen molar-refractivity contribution in [1.29, 1.82) is 5.26 Å². The lowest BCUT2D eigenvalue weighted by molar-refractivity contribution is 0.333. The Balaban J connectivity index is 1.49. The van der Waals surface area contributed by atoms with Crippen molar-refractivity contribution in [2.75, 3.05) is 18.1 Å². The molecule has 1 unspecified atom stereocenters. The highest BCUT2D eigenvalue weighted by Crippen LogP contribution is 2.58. The number of fused-ring (bicyclic) bond motifs is 3. The molecule has 32 heavy (non-hydrogen) atoms. The molecule has 4 aromatic rings. The Morgan fingerprint density at radius 2 is 2.00 bits per heavy atom. The largest absolute Gasteiger partial charge is 0.346 e. The number of H-pyrrole nitrogens is 1. The predicted molar refractivity (Wildman–Crippen MR) is 119 cm³/mol. The fraction of sp³-hybridized carbons (Fsp3) is 0.348. The van der Waals surface area contributed by atoms with Gasteiger partial charge in [-0.1, -0.05) is 18.2 Å². The van der Waals surface area contributed by atoms with Crippen molar-refractivity contribution in [1.82, 2.24) is 19.6 Å². The van der Waals surface area contributed by atoms with Crippen LogP contribution in [0.2, 0.25) is 0 Å². The number of hydrogen-bond acceptors (Lipinski definition) is 6. The van der Waals surface area contributed by atoms with Crippen LogP contribution in [0, 0.1) is 29.6 Å². The van der Waals surface area contributed by atoms with Crippen molar-refractivity contribution in [3.8, 4) is 6.07 Å². The number of aryl methyl sites for hydroxylation is 1. The number of nitrogens with zero attached hydrogens (tertiary/aromatic N) is 5. The van der Waals surface area contributed by atoms with E-state index >= 15 is 0 Å². The third-order valence-corrected chi connectivity index (χ3v) is 9.00. The highest BCUT2D eigenvalue weighted by atomic mass is 32.2. The minimum absolute atomic E-state index is 0.0317. The van der Waals surface area contributed by atoms with E-state index in [9.17, 15) is 13.7 Å². The third kappa shape index (κ3) is 2.62. The van der Waals surface area contributed by atoms with Crippen LogP contribution in [0.4, 0.5) is 0 Å². The first kappa shape index (κ1) is 19.3. The highest BCUT2D eigenvalue weighted by Gasteiger charge is 2.55. The minimum Gasteiger partial charge on any atom is -0.346 e. The maximum atomic E-state index is 13.6. The summed E-state index contributed by atoms with van der Waals surface area (Å²) < 4.78 is 29.2. The fourth-order valence-corrected chi connectivity index (χ4v) is 6.72. The summed E-state index contributed by atoms with van der Waals surface area (Å²) in [6, 6.07) is 11.3. The van der Waals surface area contributed by atoms with Crippen LogP contribution in [0.3, 0.4) is 0 Å². The van der Waals surface area contributed by atoms with E-state index in [0.717, 1.165) is 43.3 Å². The first-order valence-corrected chi connectivity index (χ1v) is 12.2. The van der Waals surface area contributed by atoms with E-state index < -0.39 is 9.84 Å². The van der Waals surface area contributed by atoms with Gasteiger partial charge in [0, 0.05) is 24.7 Å². The maximum absolute atomic E-state index is 13.6. The van der Waals surface area contributed by atoms with Crippen molar-refractivity contribution >= 4 is 31.9 Å². The Bertz CT molecular complexity index is 1520. The number of aromatic nitrogens is 4. The van der Waals surface area contributed by atoms with Crippen LogP contribution < -0.4 is 5.01 Å². The minimum atomic E-state index is -3.86. The Morgan fingerprint density at radius 1 is 1.22 bits per heavy atom. The lowest BCUT2D eigenvalue weighted by atomic mass is 9.92. The molecule has 1 saturated heterocycles. The zero-order valence-electron chi connectivity index (χ0n) is 17.6. The quantitative estimate of drug-likeness (QED) is 0.517. The molecule has 1 spiro atoms. The second kappa shape index (κ2) is 6.56. The summed E-state index contributed by atoms with van der Waals surface area (Å²) in [5.74, 6) is 0.176. The number of benzene rings is 1. The number of nitrogens with one attached hydrogen (secondary N) is 1. The highest BCUT2D eigenvalue weighted by molar-refractivity contribution is 7.91. The average molecular weight is 447 g/mol. The number of hydrogen-bond donors (Lipinski definition) is 1. The topological polar surface area (TPSA) is 108 Å². The number of nitriles is 1. The second-order valence-corrected chi connectivity index (χ2v) is 10.7. The van der Waals surface area contributed by atoms with Crippen LogP contribution in [-0.2, 0) is 9.84 Å². The van der Waals surface area contributed by atoms with E-state index in [1.165, 1.54) is 0 Å². The van der Waals surface area contributed by atoms with Crippen LogP contribution in [0.25, 0.3) is 22.1 Å². The normalized spacial score (nSPS) is 20.1. The van der Waals surface area contributed by atoms with Crippen molar-refractivity contribution < 1.29 is 8.42 Å². The molecule has 3 aromatic heterocycles. The van der Waals surface area contributed by atoms with E-state index in [2.05, 4.69) is 26.0 Å². The van der Waals surface area contributed by atoms with Gasteiger partial charge in [-0.2, -0.15) is 5.26 Å². The van der Waals surface area contributed by atoms with Crippen LogP contribution in [0.1, 0.15) is 24.8 Å². The molecule has 9 heteroatoms. The lowest BCUT2D eigenvalue weighted by Gasteiger charge is -2.34. The molecule has 1 aromatic carbocycles. The van der Waals surface area contributed by atoms with E-state index in [-0.39, 0.29) is 21.3 Å². The average Bonchev–Trinajstić information content (AvgIpc) is 3.12. The molecule has 2 fully saturated rings. The summed E-state index contributed by atoms with van der Waals surface area (Å²) in [6.45, 7) is 3.39. The van der Waals surface area contributed by atoms with E-state index in [1.807, 2.05) is 16.8 Å². The molecule has 6 rings (SSSR count). The van der Waals surface area contributed by atoms with Crippen LogP contribution in [0.5, 0.6) is 0 Å². The Kier molecular flexibility index (Phi) is 3.96. The van der Waals surface area contributed by atoms with Crippen LogP contribution in [-0.4, -0.2) is 41.1 Å². The first-order chi connectivity index (χ1) is 15.4. The monoisotopic (exact) mass is 446 g/mol. The van der Waals surface area contributed by atoms with Gasteiger partial charge in [0.25, 0.3) is 0 Å². The third-order valence-electron chi connectivity index (χ3n) is 7.17. The first-order valence-electron chi connectivity index (χ1n) is 10.7. The maximum Gasteiger partial charge on any atom is 0.226 e. The number of piperidine rings is 1. The summed E-state index contributed by atoms with van der Waals surface area (Å²) in [7, 11) is -3.86. The molecule has 1 aliphatic carbocycles. The summed E-state index contributed by atoms with van der Waals surface area (Å²) in [5, 5.41) is 12.3. The molecule has 0 bridgehead atoms. The number of rotatable bonds is 3. The zero-order valence-corrected chi connectivity index (χ0v) is 18.4. The van der Waals surface area contributed by atoms with Crippen molar-refractivity contribution in [3.63, 3.8) is 0 Å². The molecule has 2 aliphatic rings. The van der Waals surface area contributed by atoms with E-state index in [4.69, 9.17) is 0 Å². The van der Waals surface area contributed by atoms with Gasteiger partial charge in [-0.05, 0) is 49.3 Å². The number of aromatic amines is 1. The van der Waals surface area contributed by atoms with E-state index in [1.54, 1.807) is 37.6 Å². The van der Waals surface area contributed by atoms with Gasteiger partial charge < -0.3 is 9.99 Å². The van der Waals surface area contributed by atoms with Crippen molar-refractivity contribution in [2.24, 2.45) is 11.3 Å². The molecule has 8 nitrogen and oxygen atoms in total. The SMILES string of the molecule is Cc1ccccc1S(=O)(=O)c1nc2[nH]ccc2c2c1ncn2N1CCC2(CC1)CC2C#N. The van der Waals surface area contributed by atoms with Gasteiger partial charge in [0.15, 0.2) is 5.03 Å². The van der Waals surface area contributed by atoms with Gasteiger partial charge in [0.05, 0.1) is 16.9 Å². The number of imidazole rings is 1. The lowest BCUT2D eigenvalue weighted by Crippen LogP contribution is -2.42. The smallest absolute Gasteiger partial charge is 0.226 e. The van der Waals surface area contributed by atoms with Crippen molar-refractivity contribution in [2.45, 2.75) is 36.1 Å². The molecule has 1 N–H and O–H groups in total. The molecular formula is C23H22N6O2S. The van der Waals surface area contributed by atoms with Gasteiger partial charge >= 0.3 is 0 Å². The van der Waals surface area contributed by atoms with Crippen molar-refractivity contribution in [3.05, 3.63) is 48.4 Å². The summed E-state index contributed by atoms with van der Waals surface area (Å²) in [6.07, 6.45) is 6.38. The molecule has 162 valence electrons. The number of sulfone groups is 1. The molecule has 0 radical (unpaired) electrons. The molecule has 1 saturated carbocycles. The van der Waals surface area contributed by atoms with Gasteiger partial charge in [-0.3, -0.25) is 0 Å². The van der Waals surface area contributed by atoms with Crippen LogP contribution >= 0.6 is 0 Å². The molecule has 0 amide bonds. The van der Waals surface area contributed by atoms with Gasteiger partial charge in [-0.25, -0.2) is 23.1 Å². The van der Waals surface area contributed by atoms with Gasteiger partial charge in [-0.15, -0.1) is 0 Å². The fourth-order valence-electron chi connectivity index (χ4n) is 5.15. The predicted octanol–water partition coefficient (Wildman–Crippen LogP) is 3.32. The summed E-state index contributed by atoms with van der Waals surface area (Å²) in [5.41, 5.74) is 2.48. The Morgan fingerprint density at radius 3 is 2.72 bits per heavy atom. The number of pyridine rings is 1. The Labute approximate surface area is 185 Å². The molecule has 1 atom stereocenters. The second-order valence-electron chi connectivity index (χ2n) is 8.91.